The van der Waals surface area contributed by atoms with Gasteiger partial charge in [0.25, 0.3) is 0 Å². The molecule has 106 valence electrons. The highest BCUT2D eigenvalue weighted by Crippen LogP contribution is 2.44. The van der Waals surface area contributed by atoms with Crippen molar-refractivity contribution in [2.75, 3.05) is 0 Å². The smallest absolute Gasteiger partial charge is 0.0183 e. The van der Waals surface area contributed by atoms with Crippen molar-refractivity contribution < 1.29 is 0 Å². The molecule has 0 heterocycles. The fraction of sp³-hybridized carbons (Fsp3) is 1.00. The minimum Gasteiger partial charge on any atom is -0.325 e. The predicted molar refractivity (Wildman–Crippen MR) is 79.5 cm³/mol. The topological polar surface area (TPSA) is 26.0 Å². The van der Waals surface area contributed by atoms with Crippen LogP contribution in [-0.2, 0) is 0 Å². The van der Waals surface area contributed by atoms with Gasteiger partial charge in [0.2, 0.25) is 0 Å². The summed E-state index contributed by atoms with van der Waals surface area (Å²) < 4.78 is 0. The molecule has 2 fully saturated rings. The molecule has 2 N–H and O–H groups in total. The van der Waals surface area contributed by atoms with Crippen molar-refractivity contribution in [1.29, 1.82) is 0 Å². The molecule has 1 atom stereocenters. The zero-order valence-corrected chi connectivity index (χ0v) is 12.8. The molecular weight excluding hydrogens is 218 g/mol. The third-order valence-corrected chi connectivity index (χ3v) is 6.00. The number of rotatable bonds is 2. The lowest BCUT2D eigenvalue weighted by molar-refractivity contribution is 0.150. The van der Waals surface area contributed by atoms with E-state index in [2.05, 4.69) is 20.8 Å². The lowest BCUT2D eigenvalue weighted by Gasteiger charge is -2.41. The van der Waals surface area contributed by atoms with E-state index in [1.807, 2.05) is 0 Å². The maximum absolute atomic E-state index is 6.84. The summed E-state index contributed by atoms with van der Waals surface area (Å²) in [6.45, 7) is 7.19. The standard InChI is InChI=1S/C17H33N/c1-4-14-6-8-15(9-7-14)17(18)11-5-10-16(2,3)12-13-17/h14-15H,4-13,18H2,1-3H3. The summed E-state index contributed by atoms with van der Waals surface area (Å²) >= 11 is 0. The van der Waals surface area contributed by atoms with Crippen LogP contribution in [0.5, 0.6) is 0 Å². The van der Waals surface area contributed by atoms with E-state index in [0.29, 0.717) is 5.41 Å². The minimum atomic E-state index is 0.173. The van der Waals surface area contributed by atoms with E-state index in [4.69, 9.17) is 5.73 Å². The SMILES string of the molecule is CCC1CCC(C2(N)CCCC(C)(C)CC2)CC1. The molecule has 0 amide bonds. The van der Waals surface area contributed by atoms with Gasteiger partial charge in [0.1, 0.15) is 0 Å². The Labute approximate surface area is 114 Å². The van der Waals surface area contributed by atoms with Crippen LogP contribution in [0, 0.1) is 17.3 Å². The molecule has 2 aliphatic carbocycles. The molecule has 0 aliphatic heterocycles. The molecule has 0 aromatic heterocycles. The Morgan fingerprint density at radius 2 is 1.61 bits per heavy atom. The molecule has 18 heavy (non-hydrogen) atoms. The first-order valence-corrected chi connectivity index (χ1v) is 8.24. The van der Waals surface area contributed by atoms with Gasteiger partial charge in [0, 0.05) is 5.54 Å². The highest BCUT2D eigenvalue weighted by atomic mass is 14.8. The van der Waals surface area contributed by atoms with Gasteiger partial charge in [-0.05, 0) is 55.8 Å². The van der Waals surface area contributed by atoms with Gasteiger partial charge in [0.15, 0.2) is 0 Å². The van der Waals surface area contributed by atoms with E-state index < -0.39 is 0 Å². The largest absolute Gasteiger partial charge is 0.325 e. The van der Waals surface area contributed by atoms with Crippen LogP contribution in [0.4, 0.5) is 0 Å². The summed E-state index contributed by atoms with van der Waals surface area (Å²) in [4.78, 5) is 0. The van der Waals surface area contributed by atoms with Crippen LogP contribution in [-0.4, -0.2) is 5.54 Å². The first kappa shape index (κ1) is 14.4. The Hall–Kier alpha value is -0.0400. The lowest BCUT2D eigenvalue weighted by atomic mass is 9.68. The van der Waals surface area contributed by atoms with Crippen molar-refractivity contribution in [3.05, 3.63) is 0 Å². The van der Waals surface area contributed by atoms with Crippen LogP contribution in [0.3, 0.4) is 0 Å². The van der Waals surface area contributed by atoms with Gasteiger partial charge >= 0.3 is 0 Å². The normalized spacial score (nSPS) is 41.3. The summed E-state index contributed by atoms with van der Waals surface area (Å²) in [6.07, 6.45) is 13.6. The van der Waals surface area contributed by atoms with Crippen molar-refractivity contribution in [1.82, 2.24) is 0 Å². The summed E-state index contributed by atoms with van der Waals surface area (Å²) in [5, 5.41) is 0. The quantitative estimate of drug-likeness (QED) is 0.695. The van der Waals surface area contributed by atoms with E-state index in [1.54, 1.807) is 0 Å². The van der Waals surface area contributed by atoms with Crippen LogP contribution in [0.1, 0.15) is 85.0 Å². The molecular formula is C17H33N. The number of hydrogen-bond donors (Lipinski definition) is 1. The van der Waals surface area contributed by atoms with Crippen LogP contribution < -0.4 is 5.73 Å². The molecule has 0 aromatic rings. The van der Waals surface area contributed by atoms with Gasteiger partial charge < -0.3 is 5.73 Å². The van der Waals surface area contributed by atoms with Gasteiger partial charge in [-0.15, -0.1) is 0 Å². The zero-order chi connectivity index (χ0) is 13.2. The Morgan fingerprint density at radius 3 is 2.22 bits per heavy atom. The van der Waals surface area contributed by atoms with Crippen LogP contribution >= 0.6 is 0 Å². The van der Waals surface area contributed by atoms with E-state index in [0.717, 1.165) is 11.8 Å². The van der Waals surface area contributed by atoms with E-state index >= 15 is 0 Å². The molecule has 0 aromatic carbocycles. The fourth-order valence-corrected chi connectivity index (χ4v) is 4.27. The third-order valence-electron chi connectivity index (χ3n) is 6.00. The molecule has 2 rings (SSSR count). The minimum absolute atomic E-state index is 0.173. The van der Waals surface area contributed by atoms with E-state index in [-0.39, 0.29) is 5.54 Å². The van der Waals surface area contributed by atoms with E-state index in [9.17, 15) is 0 Å². The van der Waals surface area contributed by atoms with Crippen molar-refractivity contribution >= 4 is 0 Å². The van der Waals surface area contributed by atoms with Crippen LogP contribution in [0.15, 0.2) is 0 Å². The Kier molecular flexibility index (Phi) is 4.41. The molecule has 0 bridgehead atoms. The number of hydrogen-bond acceptors (Lipinski definition) is 1. The van der Waals surface area contributed by atoms with Crippen molar-refractivity contribution in [3.63, 3.8) is 0 Å². The molecule has 1 unspecified atom stereocenters. The summed E-state index contributed by atoms with van der Waals surface area (Å²) in [6, 6.07) is 0. The van der Waals surface area contributed by atoms with Gasteiger partial charge in [-0.1, -0.05) is 46.5 Å². The van der Waals surface area contributed by atoms with Gasteiger partial charge in [-0.2, -0.15) is 0 Å². The first-order chi connectivity index (χ1) is 8.45. The monoisotopic (exact) mass is 251 g/mol. The highest BCUT2D eigenvalue weighted by Gasteiger charge is 2.39. The predicted octanol–water partition coefficient (Wildman–Crippen LogP) is 4.89. The second kappa shape index (κ2) is 5.53. The second-order valence-electron chi connectivity index (χ2n) is 7.88. The second-order valence-corrected chi connectivity index (χ2v) is 7.88. The van der Waals surface area contributed by atoms with Gasteiger partial charge in [-0.25, -0.2) is 0 Å². The summed E-state index contributed by atoms with van der Waals surface area (Å²) in [7, 11) is 0. The average molecular weight is 251 g/mol. The molecule has 0 saturated heterocycles. The summed E-state index contributed by atoms with van der Waals surface area (Å²) in [5.41, 5.74) is 7.54. The first-order valence-electron chi connectivity index (χ1n) is 8.24. The molecule has 0 radical (unpaired) electrons. The van der Waals surface area contributed by atoms with Crippen LogP contribution in [0.25, 0.3) is 0 Å². The third kappa shape index (κ3) is 3.29. The Balaban J connectivity index is 1.95. The fourth-order valence-electron chi connectivity index (χ4n) is 4.27. The molecule has 1 heteroatoms. The highest BCUT2D eigenvalue weighted by molar-refractivity contribution is 4.96. The number of nitrogens with two attached hydrogens (primary N) is 1. The molecule has 2 saturated carbocycles. The van der Waals surface area contributed by atoms with Crippen molar-refractivity contribution in [2.45, 2.75) is 90.5 Å². The molecule has 1 nitrogen and oxygen atoms in total. The van der Waals surface area contributed by atoms with Gasteiger partial charge in [0.05, 0.1) is 0 Å². The summed E-state index contributed by atoms with van der Waals surface area (Å²) in [5.74, 6) is 1.81. The zero-order valence-electron chi connectivity index (χ0n) is 12.8. The van der Waals surface area contributed by atoms with Crippen LogP contribution in [0.2, 0.25) is 0 Å². The molecule has 2 aliphatic rings. The van der Waals surface area contributed by atoms with Crippen molar-refractivity contribution in [2.24, 2.45) is 23.0 Å². The Morgan fingerprint density at radius 1 is 0.944 bits per heavy atom. The maximum atomic E-state index is 6.84. The molecule has 0 spiro atoms. The lowest BCUT2D eigenvalue weighted by Crippen LogP contribution is -2.48. The van der Waals surface area contributed by atoms with E-state index in [1.165, 1.54) is 64.2 Å². The maximum Gasteiger partial charge on any atom is 0.0183 e. The van der Waals surface area contributed by atoms with Crippen molar-refractivity contribution in [3.8, 4) is 0 Å². The average Bonchev–Trinajstić information content (AvgIpc) is 2.50. The Bertz CT molecular complexity index is 263. The van der Waals surface area contributed by atoms with Gasteiger partial charge in [-0.3, -0.25) is 0 Å².